The van der Waals surface area contributed by atoms with Gasteiger partial charge in [-0.3, -0.25) is 29.4 Å². The zero-order valence-electron chi connectivity index (χ0n) is 154. The summed E-state index contributed by atoms with van der Waals surface area (Å²) < 4.78 is 676. The number of hydrogen-bond donors (Lipinski definition) is 6. The van der Waals surface area contributed by atoms with E-state index in [1.165, 1.54) is 86.2 Å². The Kier molecular flexibility index (Phi) is 16.8. The van der Waals surface area contributed by atoms with Gasteiger partial charge >= 0.3 is 0 Å². The van der Waals surface area contributed by atoms with Gasteiger partial charge in [-0.2, -0.15) is 0 Å². The van der Waals surface area contributed by atoms with E-state index in [0.717, 1.165) is 55.5 Å². The number of nitrogens with zero attached hydrogens (tertiary/aromatic N) is 6. The van der Waals surface area contributed by atoms with Crippen molar-refractivity contribution in [2.75, 3.05) is 163 Å². The highest BCUT2D eigenvalue weighted by atomic mass is 16.5. The normalized spacial score (nSPS) is 46.7. The third kappa shape index (κ3) is 26.3. The number of hydrogen-bond acceptors (Lipinski definition) is 24. The molecule has 18 atom stereocenters. The quantitative estimate of drug-likeness (QED) is 0.0369. The number of methoxy groups -OCH3 is 12. The topological polar surface area (TPSA) is 252 Å². The van der Waals surface area contributed by atoms with Gasteiger partial charge in [0.15, 0.2) is 69.0 Å². The number of benzene rings is 6. The summed E-state index contributed by atoms with van der Waals surface area (Å²) in [6.07, 6.45) is -51.7. The summed E-state index contributed by atoms with van der Waals surface area (Å²) in [5.74, 6) is -17.2. The second kappa shape index (κ2) is 48.6. The van der Waals surface area contributed by atoms with Crippen molar-refractivity contribution in [2.24, 2.45) is 69.9 Å². The summed E-state index contributed by atoms with van der Waals surface area (Å²) in [6, 6.07) is 3.60. The van der Waals surface area contributed by atoms with Gasteiger partial charge in [0.25, 0.3) is 0 Å². The highest BCUT2D eigenvalue weighted by Crippen LogP contribution is 2.53. The predicted octanol–water partition coefficient (Wildman–Crippen LogP) is 19.0. The minimum absolute atomic E-state index is 0.0320. The van der Waals surface area contributed by atoms with Crippen LogP contribution in [0.5, 0.6) is 69.0 Å². The first-order chi connectivity index (χ1) is 94.8. The van der Waals surface area contributed by atoms with E-state index in [1.807, 2.05) is 13.8 Å². The number of rotatable bonds is 22. The Labute approximate surface area is 942 Å². The number of aliphatic hydroxyl groups is 6. The van der Waals surface area contributed by atoms with Crippen molar-refractivity contribution in [1.82, 2.24) is 29.4 Å². The smallest absolute Gasteiger partial charge is 0.161 e. The van der Waals surface area contributed by atoms with Gasteiger partial charge in [0.05, 0.1) is 138 Å². The lowest BCUT2D eigenvalue weighted by Crippen LogP contribution is -2.48. The Hall–Kier alpha value is -7.56. The second-order valence-electron chi connectivity index (χ2n) is 36.4. The minimum atomic E-state index is -3.55. The molecule has 0 bridgehead atoms. The number of piperidine rings is 6. The molecular weight excluding hydrogens is 1770 g/mol. The molecule has 0 aliphatic carbocycles. The molecule has 0 saturated carbocycles. The lowest BCUT2D eigenvalue weighted by atomic mass is 9.75. The Bertz CT molecular complexity index is 8370. The Morgan fingerprint density at radius 2 is 0.500 bits per heavy atom. The predicted molar refractivity (Wildman–Crippen MR) is 556 cm³/mol. The van der Waals surface area contributed by atoms with Crippen molar-refractivity contribution in [1.29, 1.82) is 0 Å². The van der Waals surface area contributed by atoms with E-state index in [2.05, 4.69) is 0 Å². The van der Waals surface area contributed by atoms with Gasteiger partial charge in [-0.25, -0.2) is 0 Å². The summed E-state index contributed by atoms with van der Waals surface area (Å²) in [5, 5.41) is 66.8. The van der Waals surface area contributed by atoms with Gasteiger partial charge in [-0.05, 0) is 325 Å². The van der Waals surface area contributed by atoms with Gasteiger partial charge in [0, 0.05) is 198 Å². The minimum Gasteiger partial charge on any atom is -0.493 e. The molecule has 140 heavy (non-hydrogen) atoms. The van der Waals surface area contributed by atoms with E-state index in [9.17, 15) is 30.6 Å². The van der Waals surface area contributed by atoms with Crippen LogP contribution in [0.1, 0.15) is 377 Å². The summed E-state index contributed by atoms with van der Waals surface area (Å²) in [5.41, 5.74) is -9.05. The summed E-state index contributed by atoms with van der Waals surface area (Å²) in [7, 11) is 2.50. The van der Waals surface area contributed by atoms with Gasteiger partial charge in [-0.15, -0.1) is 0 Å². The molecule has 6 aromatic carbocycles. The molecule has 6 N–H and O–H groups in total. The van der Waals surface area contributed by atoms with E-state index in [4.69, 9.17) is 157 Å². The molecule has 24 heteroatoms. The van der Waals surface area contributed by atoms with Crippen LogP contribution >= 0.6 is 0 Å². The van der Waals surface area contributed by atoms with Crippen LogP contribution in [0.3, 0.4) is 0 Å². The van der Waals surface area contributed by atoms with Crippen LogP contribution in [0.2, 0.25) is 0 Å². The summed E-state index contributed by atoms with van der Waals surface area (Å²) in [6.45, 7) is -37.0. The van der Waals surface area contributed by atoms with Crippen LogP contribution in [0.15, 0.2) is 72.8 Å². The maximum Gasteiger partial charge on any atom is 0.161 e. The number of aryl methyl sites for hydroxylation is 6. The molecule has 0 amide bonds. The molecule has 12 heterocycles. The van der Waals surface area contributed by atoms with Crippen molar-refractivity contribution in [3.63, 3.8) is 0 Å². The molecule has 12 aliphatic rings. The summed E-state index contributed by atoms with van der Waals surface area (Å²) >= 11 is 0. The molecule has 6 fully saturated rings. The third-order valence-electron chi connectivity index (χ3n) is 23.9. The van der Waals surface area contributed by atoms with Gasteiger partial charge in [0.2, 0.25) is 0 Å². The lowest BCUT2D eigenvalue weighted by Gasteiger charge is -2.47. The highest BCUT2D eigenvalue weighted by molar-refractivity contribution is 5.55. The van der Waals surface area contributed by atoms with E-state index in [-0.39, 0.29) is 130 Å². The van der Waals surface area contributed by atoms with Gasteiger partial charge in [-0.1, -0.05) is 96.6 Å². The largest absolute Gasteiger partial charge is 0.493 e. The van der Waals surface area contributed by atoms with Gasteiger partial charge in [0.1, 0.15) is 0 Å². The molecule has 18 unspecified atom stereocenters. The van der Waals surface area contributed by atoms with Crippen LogP contribution in [0.25, 0.3) is 0 Å². The van der Waals surface area contributed by atoms with E-state index >= 15 is 0 Å². The standard InChI is InChI=1S/2C20H31NO3.4C19H29NO3/c2*1-20(2,3)11-14-12-21-7-6-13-8-18(23-4)19(24-5)9-15(13)16(21)10-17(14)22;4*1-12(2)7-14-11-20-6-5-13-8-18(22-3)19(23-4)9-15(13)16(20)10-17(14)21/h2*8-9,14,16-17,22H,6-7,10-12H2,1-5H3;4*8-9,12,14,16-17,21H,5-7,10-11H2,1-4H3/i1D3,2D3,5D3,6D2,7D2,11D2,12D2;1D3,2D3,6D2,7D2,11D2,12D2;4D3,5D2,6D2,10D2,11D2,14D,17D;2*5D2,6D2,10D2,11D2,14D,17D;4D3,5D2,6D2,11D2. The van der Waals surface area contributed by atoms with Crippen LogP contribution in [0.4, 0.5) is 0 Å². The monoisotopic (exact) mass is 2020 g/mol. The Morgan fingerprint density at radius 3 is 0.714 bits per heavy atom. The van der Waals surface area contributed by atoms with Crippen molar-refractivity contribution in [3.05, 3.63) is 140 Å². The first-order valence-electron chi connectivity index (χ1n) is 81.8. The molecule has 780 valence electrons. The number of fused-ring (bicyclic) bond motifs is 18. The van der Waals surface area contributed by atoms with Crippen LogP contribution < -0.4 is 56.8 Å². The molecule has 12 aliphatic heterocycles. The molecule has 0 aromatic heterocycles. The first kappa shape index (κ1) is 48.4. The van der Waals surface area contributed by atoms with E-state index in [0.29, 0.717) is 39.9 Å². The van der Waals surface area contributed by atoms with Crippen LogP contribution in [-0.2, 0) is 38.2 Å². The van der Waals surface area contributed by atoms with Crippen LogP contribution in [-0.4, -0.2) is 260 Å². The second-order valence-corrected chi connectivity index (χ2v) is 36.4. The molecule has 24 nitrogen and oxygen atoms in total. The van der Waals surface area contributed by atoms with Crippen molar-refractivity contribution in [3.8, 4) is 69.0 Å². The van der Waals surface area contributed by atoms with Gasteiger partial charge < -0.3 is 87.5 Å². The van der Waals surface area contributed by atoms with Crippen molar-refractivity contribution in [2.45, 2.75) is 284 Å². The van der Waals surface area contributed by atoms with Crippen molar-refractivity contribution < 1.29 is 188 Å². The highest BCUT2D eigenvalue weighted by Gasteiger charge is 2.47. The zero-order valence-corrected chi connectivity index (χ0v) is 81.4. The molecule has 18 rings (SSSR count). The zero-order chi connectivity index (χ0) is 165. The first-order valence-corrected chi connectivity index (χ1v) is 45.3. The number of ether oxygens (including phenoxy) is 12. The van der Waals surface area contributed by atoms with E-state index < -0.39 is 388 Å². The SMILES string of the molecule is [2H]C([2H])([2H])Oc1cc2c(cc1OC)C([2H])([2H])C([2H])([2H])N1C2C([2H])([2H])C([2H])(O)C([2H])(CC(C)C)C1([2H])[2H].[2H]C([2H])([2H])Oc1cc2c(cc1OC)C([2H])([2H])C([2H])([2H])N1C2CC(O)C(C([2H])([2H])C(C)(C([2H])([2H])[2H])C([2H])([2H])[2H])C1([2H])[2H].[2H]C([2H])([2H])Oc1cc2c(cc1OC)C([2H])([2H])C([2H])([2H])N1C2CC(O)C(CC(C)C)C1([2H])[2H].[2H]C1([2H])C(C([2H])([2H])C(C)(C([2H])([2H])[2H])C([2H])([2H])[2H])C(O)CC2c3cc(OC)c(OC)cc3C([2H])([2H])C([2H])([2H])N21.[2H]C1([2H])c2cc(OC)c(OC)cc2C2N(C1([2H])[2H])C([2H])([2H])C([2H])(CC(C)C)C([2H])(O)C2([2H])[2H].[2H]C1([2H])c2cc(OC)c(OC)cc2C2N(C1([2H])[2H])C([2H])([2H])C([2H])(CC(C)C)C([2H])(O)C2([2H])[2H]. The maximum atomic E-state index is 11.2. The molecular formula is C116H178N6O18. The number of aliphatic hydroxyl groups excluding tert-OH is 3. The maximum absolute atomic E-state index is 11.2. The fourth-order valence-corrected chi connectivity index (χ4v) is 17.4. The molecule has 0 radical (unpaired) electrons. The Morgan fingerprint density at radius 1 is 0.300 bits per heavy atom. The Balaban J connectivity index is 0.000000204. The third-order valence-corrected chi connectivity index (χ3v) is 23.9. The average Bonchev–Trinajstić information content (AvgIpc) is 0.653. The lowest BCUT2D eigenvalue weighted by molar-refractivity contribution is -0.0259. The molecule has 6 aromatic rings. The molecule has 6 saturated heterocycles. The fourth-order valence-electron chi connectivity index (χ4n) is 17.4. The fraction of sp³-hybridized carbons (Fsp3) is 0.690. The molecule has 0 spiro atoms. The van der Waals surface area contributed by atoms with Crippen molar-refractivity contribution >= 4 is 0 Å². The average molecular weight is 2020 g/mol. The van der Waals surface area contributed by atoms with E-state index in [1.54, 1.807) is 41.5 Å². The van der Waals surface area contributed by atoms with Crippen LogP contribution in [0, 0.1) is 69.9 Å². The summed E-state index contributed by atoms with van der Waals surface area (Å²) in [4.78, 5) is 2.57.